The van der Waals surface area contributed by atoms with Crippen LogP contribution in [0.25, 0.3) is 0 Å². The minimum absolute atomic E-state index is 0.752. The zero-order chi connectivity index (χ0) is 11.1. The van der Waals surface area contributed by atoms with Crippen LogP contribution in [0.4, 0.5) is 0 Å². The smallest absolute Gasteiger partial charge is 0.107 e. The van der Waals surface area contributed by atoms with Gasteiger partial charge in [-0.2, -0.15) is 0 Å². The quantitative estimate of drug-likeness (QED) is 0.846. The van der Waals surface area contributed by atoms with Crippen molar-refractivity contribution >= 4 is 11.3 Å². The molecule has 0 aliphatic carbocycles. The Kier molecular flexibility index (Phi) is 2.73. The number of thiazole rings is 1. The van der Waals surface area contributed by atoms with Crippen LogP contribution < -0.4 is 5.32 Å². The molecular weight excluding hydrogens is 218 g/mol. The lowest BCUT2D eigenvalue weighted by molar-refractivity contribution is 0.306. The van der Waals surface area contributed by atoms with Crippen molar-refractivity contribution in [2.24, 2.45) is 5.92 Å². The minimum Gasteiger partial charge on any atom is -0.312 e. The maximum absolute atomic E-state index is 4.62. The van der Waals surface area contributed by atoms with E-state index < -0.39 is 0 Å². The molecule has 2 saturated heterocycles. The van der Waals surface area contributed by atoms with Crippen LogP contribution in [0.15, 0.2) is 0 Å². The van der Waals surface area contributed by atoms with E-state index in [1.165, 1.54) is 41.6 Å². The zero-order valence-corrected chi connectivity index (χ0v) is 10.8. The van der Waals surface area contributed by atoms with E-state index in [9.17, 15) is 0 Å². The summed E-state index contributed by atoms with van der Waals surface area (Å²) in [6, 6.07) is 0.752. The third-order valence-electron chi connectivity index (χ3n) is 3.87. The summed E-state index contributed by atoms with van der Waals surface area (Å²) in [4.78, 5) is 8.55. The molecule has 2 fully saturated rings. The van der Waals surface area contributed by atoms with Gasteiger partial charge < -0.3 is 5.32 Å². The van der Waals surface area contributed by atoms with E-state index in [0.717, 1.165) is 18.5 Å². The molecule has 2 aliphatic heterocycles. The largest absolute Gasteiger partial charge is 0.312 e. The second-order valence-corrected chi connectivity index (χ2v) is 6.34. The van der Waals surface area contributed by atoms with Gasteiger partial charge in [-0.3, -0.25) is 4.90 Å². The third-order valence-corrected chi connectivity index (χ3v) is 4.93. The third kappa shape index (κ3) is 1.90. The number of hydrogen-bond acceptors (Lipinski definition) is 4. The highest BCUT2D eigenvalue weighted by atomic mass is 32.1. The lowest BCUT2D eigenvalue weighted by Gasteiger charge is -2.14. The molecule has 2 atom stereocenters. The molecular formula is C12H19N3S. The normalized spacial score (nSPS) is 29.9. The van der Waals surface area contributed by atoms with Gasteiger partial charge in [-0.05, 0) is 32.7 Å². The van der Waals surface area contributed by atoms with Crippen molar-refractivity contribution in [3.05, 3.63) is 15.6 Å². The summed E-state index contributed by atoms with van der Waals surface area (Å²) in [7, 11) is 0. The first-order valence-electron chi connectivity index (χ1n) is 6.11. The molecule has 0 aromatic carbocycles. The van der Waals surface area contributed by atoms with E-state index in [1.807, 2.05) is 11.3 Å². The fourth-order valence-corrected chi connectivity index (χ4v) is 3.84. The number of nitrogens with one attached hydrogen (secondary N) is 1. The predicted molar refractivity (Wildman–Crippen MR) is 66.8 cm³/mol. The lowest BCUT2D eigenvalue weighted by Crippen LogP contribution is -2.29. The van der Waals surface area contributed by atoms with Gasteiger partial charge in [0.25, 0.3) is 0 Å². The van der Waals surface area contributed by atoms with Gasteiger partial charge in [0.15, 0.2) is 0 Å². The van der Waals surface area contributed by atoms with Crippen LogP contribution >= 0.6 is 11.3 Å². The van der Waals surface area contributed by atoms with Crippen molar-refractivity contribution in [1.82, 2.24) is 15.2 Å². The van der Waals surface area contributed by atoms with Crippen molar-refractivity contribution in [1.29, 1.82) is 0 Å². The Morgan fingerprint density at radius 1 is 1.44 bits per heavy atom. The van der Waals surface area contributed by atoms with Crippen molar-refractivity contribution in [3.63, 3.8) is 0 Å². The van der Waals surface area contributed by atoms with Crippen LogP contribution in [0.1, 0.15) is 22.0 Å². The molecule has 0 bridgehead atoms. The first-order valence-corrected chi connectivity index (χ1v) is 6.92. The van der Waals surface area contributed by atoms with Crippen molar-refractivity contribution in [2.45, 2.75) is 32.9 Å². The number of likely N-dealkylation sites (tertiary alicyclic amines) is 1. The van der Waals surface area contributed by atoms with Crippen LogP contribution in [0.2, 0.25) is 0 Å². The molecule has 0 radical (unpaired) electrons. The summed E-state index contributed by atoms with van der Waals surface area (Å²) >= 11 is 1.86. The number of aryl methyl sites for hydroxylation is 2. The van der Waals surface area contributed by atoms with Gasteiger partial charge in [0.05, 0.1) is 12.2 Å². The molecule has 3 heterocycles. The van der Waals surface area contributed by atoms with Gasteiger partial charge >= 0.3 is 0 Å². The molecule has 88 valence electrons. The summed E-state index contributed by atoms with van der Waals surface area (Å²) in [6.45, 7) is 9.01. The number of rotatable bonds is 2. The van der Waals surface area contributed by atoms with Gasteiger partial charge in [-0.1, -0.05) is 0 Å². The van der Waals surface area contributed by atoms with E-state index in [1.54, 1.807) is 0 Å². The van der Waals surface area contributed by atoms with Crippen molar-refractivity contribution < 1.29 is 0 Å². The average Bonchev–Trinajstić information content (AvgIpc) is 2.83. The van der Waals surface area contributed by atoms with E-state index in [4.69, 9.17) is 0 Å². The molecule has 4 heteroatoms. The van der Waals surface area contributed by atoms with Crippen LogP contribution in [0.3, 0.4) is 0 Å². The monoisotopic (exact) mass is 237 g/mol. The fourth-order valence-electron chi connectivity index (χ4n) is 2.87. The molecule has 0 spiro atoms. The summed E-state index contributed by atoms with van der Waals surface area (Å²) in [6.07, 6.45) is 1.36. The maximum Gasteiger partial charge on any atom is 0.107 e. The Labute approximate surface area is 101 Å². The molecule has 1 aromatic rings. The second-order valence-electron chi connectivity index (χ2n) is 5.05. The fraction of sp³-hybridized carbons (Fsp3) is 0.750. The highest BCUT2D eigenvalue weighted by Gasteiger charge is 2.35. The lowest BCUT2D eigenvalue weighted by atomic mass is 10.1. The molecule has 0 saturated carbocycles. The van der Waals surface area contributed by atoms with Gasteiger partial charge in [0.1, 0.15) is 5.01 Å². The molecule has 1 N–H and O–H groups in total. The Morgan fingerprint density at radius 3 is 3.00 bits per heavy atom. The summed E-state index contributed by atoms with van der Waals surface area (Å²) in [5.41, 5.74) is 1.21. The Balaban J connectivity index is 1.64. The van der Waals surface area contributed by atoms with Crippen LogP contribution in [-0.4, -0.2) is 35.6 Å². The molecule has 1 aromatic heterocycles. The first-order chi connectivity index (χ1) is 7.72. The summed E-state index contributed by atoms with van der Waals surface area (Å²) in [5, 5.41) is 4.88. The topological polar surface area (TPSA) is 28.2 Å². The van der Waals surface area contributed by atoms with Gasteiger partial charge in [0.2, 0.25) is 0 Å². The van der Waals surface area contributed by atoms with Crippen LogP contribution in [-0.2, 0) is 6.54 Å². The van der Waals surface area contributed by atoms with E-state index in [2.05, 4.69) is 29.0 Å². The molecule has 0 unspecified atom stereocenters. The van der Waals surface area contributed by atoms with Gasteiger partial charge in [-0.25, -0.2) is 4.98 Å². The standard InChI is InChI=1S/C12H19N3S/c1-8-9(2)16-12(14-8)7-15-5-10-3-4-13-11(10)6-15/h10-11,13H,3-7H2,1-2H3/t10-,11+/m0/s1. The Hall–Kier alpha value is -0.450. The molecule has 0 amide bonds. The molecule has 2 aliphatic rings. The zero-order valence-electron chi connectivity index (χ0n) is 9.99. The predicted octanol–water partition coefficient (Wildman–Crippen LogP) is 1.55. The van der Waals surface area contributed by atoms with E-state index in [-0.39, 0.29) is 0 Å². The second kappa shape index (κ2) is 4.09. The summed E-state index contributed by atoms with van der Waals surface area (Å²) < 4.78 is 0. The average molecular weight is 237 g/mol. The number of fused-ring (bicyclic) bond motifs is 1. The highest BCUT2D eigenvalue weighted by molar-refractivity contribution is 7.11. The summed E-state index contributed by atoms with van der Waals surface area (Å²) in [5.74, 6) is 0.891. The van der Waals surface area contributed by atoms with Gasteiger partial charge in [0, 0.05) is 24.0 Å². The molecule has 16 heavy (non-hydrogen) atoms. The Morgan fingerprint density at radius 2 is 2.31 bits per heavy atom. The van der Waals surface area contributed by atoms with Crippen LogP contribution in [0.5, 0.6) is 0 Å². The first kappa shape index (κ1) is 10.7. The number of aromatic nitrogens is 1. The number of hydrogen-bond donors (Lipinski definition) is 1. The highest BCUT2D eigenvalue weighted by Crippen LogP contribution is 2.27. The number of nitrogens with zero attached hydrogens (tertiary/aromatic N) is 2. The SMILES string of the molecule is Cc1nc(CN2C[C@@H]3CCN[C@@H]3C2)sc1C. The molecule has 3 rings (SSSR count). The maximum atomic E-state index is 4.62. The molecule has 3 nitrogen and oxygen atoms in total. The minimum atomic E-state index is 0.752. The van der Waals surface area contributed by atoms with Gasteiger partial charge in [-0.15, -0.1) is 11.3 Å². The Bertz CT molecular complexity index is 356. The van der Waals surface area contributed by atoms with E-state index >= 15 is 0 Å². The van der Waals surface area contributed by atoms with Crippen molar-refractivity contribution in [3.8, 4) is 0 Å². The van der Waals surface area contributed by atoms with E-state index in [0.29, 0.717) is 0 Å². The van der Waals surface area contributed by atoms with Crippen LogP contribution in [0, 0.1) is 19.8 Å². The van der Waals surface area contributed by atoms with Crippen molar-refractivity contribution in [2.75, 3.05) is 19.6 Å².